The second kappa shape index (κ2) is 6.63. The van der Waals surface area contributed by atoms with E-state index in [4.69, 9.17) is 9.84 Å². The fourth-order valence-corrected chi connectivity index (χ4v) is 1.78. The Morgan fingerprint density at radius 3 is 2.58 bits per heavy atom. The Bertz CT molecular complexity index is 606. The van der Waals surface area contributed by atoms with Crippen LogP contribution in [0.15, 0.2) is 48.5 Å². The second-order valence-electron chi connectivity index (χ2n) is 4.17. The van der Waals surface area contributed by atoms with Crippen molar-refractivity contribution in [3.05, 3.63) is 65.2 Å². The topological polar surface area (TPSA) is 29.5 Å². The van der Waals surface area contributed by atoms with Crippen molar-refractivity contribution >= 4 is 0 Å². The molecule has 0 saturated carbocycles. The number of para-hydroxylation sites is 1. The van der Waals surface area contributed by atoms with Crippen molar-refractivity contribution in [1.82, 2.24) is 0 Å². The minimum atomic E-state index is -0.132. The molecule has 0 bridgehead atoms. The van der Waals surface area contributed by atoms with Gasteiger partial charge in [-0.1, -0.05) is 48.2 Å². The zero-order chi connectivity index (χ0) is 13.5. The average Bonchev–Trinajstić information content (AvgIpc) is 2.45. The van der Waals surface area contributed by atoms with Crippen molar-refractivity contribution < 1.29 is 9.84 Å². The summed E-state index contributed by atoms with van der Waals surface area (Å²) in [7, 11) is 0. The summed E-state index contributed by atoms with van der Waals surface area (Å²) in [6.45, 7) is 2.36. The Morgan fingerprint density at radius 1 is 1.05 bits per heavy atom. The molecule has 2 aromatic rings. The fourth-order valence-electron chi connectivity index (χ4n) is 1.78. The Labute approximate surface area is 113 Å². The van der Waals surface area contributed by atoms with Crippen molar-refractivity contribution in [2.45, 2.75) is 13.5 Å². The molecule has 0 aliphatic rings. The maximum Gasteiger partial charge on any atom is 0.122 e. The summed E-state index contributed by atoms with van der Waals surface area (Å²) in [5.41, 5.74) is 3.03. The van der Waals surface area contributed by atoms with Crippen molar-refractivity contribution in [3.63, 3.8) is 0 Å². The molecule has 0 aliphatic carbocycles. The van der Waals surface area contributed by atoms with Gasteiger partial charge in [-0.15, -0.1) is 0 Å². The summed E-state index contributed by atoms with van der Waals surface area (Å²) in [6, 6.07) is 15.7. The summed E-state index contributed by atoms with van der Waals surface area (Å²) in [5.74, 6) is 6.48. The molecular formula is C17H16O2. The SMILES string of the molecule is Cc1ccccc1OCc1ccccc1C#CCO. The second-order valence-corrected chi connectivity index (χ2v) is 4.17. The van der Waals surface area contributed by atoms with Gasteiger partial charge in [-0.25, -0.2) is 0 Å². The number of ether oxygens (including phenoxy) is 1. The molecule has 0 atom stereocenters. The highest BCUT2D eigenvalue weighted by molar-refractivity contribution is 5.41. The van der Waals surface area contributed by atoms with Crippen LogP contribution in [0.25, 0.3) is 0 Å². The molecule has 0 fully saturated rings. The van der Waals surface area contributed by atoms with Crippen LogP contribution in [0.1, 0.15) is 16.7 Å². The minimum absolute atomic E-state index is 0.132. The number of aliphatic hydroxyl groups is 1. The Balaban J connectivity index is 2.14. The first-order chi connectivity index (χ1) is 9.31. The molecule has 0 saturated heterocycles. The van der Waals surface area contributed by atoms with Crippen LogP contribution in [0.3, 0.4) is 0 Å². The quantitative estimate of drug-likeness (QED) is 0.851. The molecule has 19 heavy (non-hydrogen) atoms. The van der Waals surface area contributed by atoms with Crippen molar-refractivity contribution in [2.24, 2.45) is 0 Å². The van der Waals surface area contributed by atoms with Gasteiger partial charge in [0.05, 0.1) is 0 Å². The third kappa shape index (κ3) is 3.61. The molecule has 0 aliphatic heterocycles. The lowest BCUT2D eigenvalue weighted by Crippen LogP contribution is -1.99. The number of hydrogen-bond acceptors (Lipinski definition) is 2. The van der Waals surface area contributed by atoms with E-state index >= 15 is 0 Å². The highest BCUT2D eigenvalue weighted by Crippen LogP contribution is 2.18. The molecule has 2 nitrogen and oxygen atoms in total. The van der Waals surface area contributed by atoms with E-state index < -0.39 is 0 Å². The number of rotatable bonds is 3. The lowest BCUT2D eigenvalue weighted by molar-refractivity contribution is 0.304. The predicted octanol–water partition coefficient (Wildman–Crippen LogP) is 2.92. The molecule has 2 rings (SSSR count). The lowest BCUT2D eigenvalue weighted by Gasteiger charge is -2.10. The Kier molecular flexibility index (Phi) is 4.60. The molecule has 0 heterocycles. The highest BCUT2D eigenvalue weighted by atomic mass is 16.5. The van der Waals surface area contributed by atoms with E-state index in [0.717, 1.165) is 22.4 Å². The standard InChI is InChI=1S/C17H16O2/c1-14-7-2-5-11-17(14)19-13-16-9-4-3-8-15(16)10-6-12-18/h2-5,7-9,11,18H,12-13H2,1H3. The van der Waals surface area contributed by atoms with Crippen LogP contribution in [-0.2, 0) is 6.61 Å². The first-order valence-electron chi connectivity index (χ1n) is 6.17. The van der Waals surface area contributed by atoms with Crippen LogP contribution in [0.4, 0.5) is 0 Å². The lowest BCUT2D eigenvalue weighted by atomic mass is 10.1. The summed E-state index contributed by atoms with van der Waals surface area (Å²) < 4.78 is 5.81. The summed E-state index contributed by atoms with van der Waals surface area (Å²) in [5, 5.41) is 8.76. The highest BCUT2D eigenvalue weighted by Gasteiger charge is 2.02. The average molecular weight is 252 g/mol. The van der Waals surface area contributed by atoms with E-state index in [1.165, 1.54) is 0 Å². The Hall–Kier alpha value is -2.24. The number of aryl methyl sites for hydroxylation is 1. The third-order valence-corrected chi connectivity index (χ3v) is 2.80. The molecule has 0 spiro atoms. The Morgan fingerprint density at radius 2 is 1.79 bits per heavy atom. The van der Waals surface area contributed by atoms with Gasteiger partial charge in [0.2, 0.25) is 0 Å². The van der Waals surface area contributed by atoms with Crippen molar-refractivity contribution in [2.75, 3.05) is 6.61 Å². The molecule has 0 radical (unpaired) electrons. The van der Waals surface area contributed by atoms with Crippen LogP contribution >= 0.6 is 0 Å². The molecule has 2 heteroatoms. The maximum absolute atomic E-state index is 8.76. The first-order valence-corrected chi connectivity index (χ1v) is 6.17. The third-order valence-electron chi connectivity index (χ3n) is 2.80. The van der Waals surface area contributed by atoms with Crippen LogP contribution in [0, 0.1) is 18.8 Å². The van der Waals surface area contributed by atoms with Gasteiger partial charge >= 0.3 is 0 Å². The molecule has 0 unspecified atom stereocenters. The maximum atomic E-state index is 8.76. The summed E-state index contributed by atoms with van der Waals surface area (Å²) in [4.78, 5) is 0. The van der Waals surface area contributed by atoms with Gasteiger partial charge in [0, 0.05) is 11.1 Å². The van der Waals surface area contributed by atoms with Crippen LogP contribution in [0.2, 0.25) is 0 Å². The predicted molar refractivity (Wildman–Crippen MR) is 75.9 cm³/mol. The van der Waals surface area contributed by atoms with Gasteiger partial charge in [0.25, 0.3) is 0 Å². The summed E-state index contributed by atoms with van der Waals surface area (Å²) in [6.07, 6.45) is 0. The van der Waals surface area contributed by atoms with E-state index in [1.807, 2.05) is 55.5 Å². The van der Waals surface area contributed by atoms with Crippen LogP contribution in [-0.4, -0.2) is 11.7 Å². The molecule has 2 aromatic carbocycles. The van der Waals surface area contributed by atoms with E-state index in [2.05, 4.69) is 11.8 Å². The molecular weight excluding hydrogens is 236 g/mol. The van der Waals surface area contributed by atoms with E-state index in [1.54, 1.807) is 0 Å². The fraction of sp³-hybridized carbons (Fsp3) is 0.176. The molecule has 1 N–H and O–H groups in total. The monoisotopic (exact) mass is 252 g/mol. The first kappa shape index (κ1) is 13.2. The van der Waals surface area contributed by atoms with Gasteiger partial charge in [-0.05, 0) is 24.6 Å². The largest absolute Gasteiger partial charge is 0.489 e. The normalized spacial score (nSPS) is 9.58. The van der Waals surface area contributed by atoms with Gasteiger partial charge in [0.15, 0.2) is 0 Å². The van der Waals surface area contributed by atoms with E-state index in [-0.39, 0.29) is 6.61 Å². The minimum Gasteiger partial charge on any atom is -0.489 e. The van der Waals surface area contributed by atoms with Crippen LogP contribution < -0.4 is 4.74 Å². The van der Waals surface area contributed by atoms with E-state index in [0.29, 0.717) is 6.61 Å². The van der Waals surface area contributed by atoms with E-state index in [9.17, 15) is 0 Å². The smallest absolute Gasteiger partial charge is 0.122 e. The van der Waals surface area contributed by atoms with Crippen molar-refractivity contribution in [1.29, 1.82) is 0 Å². The van der Waals surface area contributed by atoms with Crippen LogP contribution in [0.5, 0.6) is 5.75 Å². The molecule has 96 valence electrons. The number of benzene rings is 2. The van der Waals surface area contributed by atoms with Gasteiger partial charge in [-0.3, -0.25) is 0 Å². The molecule has 0 aromatic heterocycles. The van der Waals surface area contributed by atoms with Crippen molar-refractivity contribution in [3.8, 4) is 17.6 Å². The molecule has 0 amide bonds. The zero-order valence-corrected chi connectivity index (χ0v) is 10.9. The van der Waals surface area contributed by atoms with Gasteiger partial charge in [0.1, 0.15) is 19.0 Å². The van der Waals surface area contributed by atoms with Gasteiger partial charge < -0.3 is 9.84 Å². The number of aliphatic hydroxyl groups excluding tert-OH is 1. The number of hydrogen-bond donors (Lipinski definition) is 1. The van der Waals surface area contributed by atoms with Gasteiger partial charge in [-0.2, -0.15) is 0 Å². The zero-order valence-electron chi connectivity index (χ0n) is 10.9. The summed E-state index contributed by atoms with van der Waals surface area (Å²) >= 11 is 0.